The fourth-order valence-corrected chi connectivity index (χ4v) is 3.57. The molecule has 0 aromatic heterocycles. The van der Waals surface area contributed by atoms with Gasteiger partial charge in [-0.2, -0.15) is 0 Å². The van der Waals surface area contributed by atoms with E-state index in [1.165, 1.54) is 32.1 Å². The average molecular weight is 381 g/mol. The lowest BCUT2D eigenvalue weighted by Gasteiger charge is -2.16. The van der Waals surface area contributed by atoms with Crippen molar-refractivity contribution in [2.24, 2.45) is 11.8 Å². The first-order valence-electron chi connectivity index (χ1n) is 10.7. The molecular formula is C22H36O5. The minimum atomic E-state index is -0.731. The fraction of sp³-hybridized carbons (Fsp3) is 0.773. The molecule has 1 saturated heterocycles. The molecule has 0 spiro atoms. The van der Waals surface area contributed by atoms with E-state index in [1.54, 1.807) is 0 Å². The molecular weight excluding hydrogens is 344 g/mol. The van der Waals surface area contributed by atoms with Crippen molar-refractivity contribution in [2.75, 3.05) is 0 Å². The average Bonchev–Trinajstić information content (AvgIpc) is 2.96. The van der Waals surface area contributed by atoms with Crippen molar-refractivity contribution in [2.45, 2.75) is 96.8 Å². The first-order chi connectivity index (χ1) is 13.0. The number of rotatable bonds is 16. The van der Waals surface area contributed by atoms with E-state index in [1.807, 2.05) is 0 Å². The third-order valence-electron chi connectivity index (χ3n) is 5.21. The van der Waals surface area contributed by atoms with E-state index in [9.17, 15) is 14.4 Å². The third kappa shape index (κ3) is 10.9. The van der Waals surface area contributed by atoms with Gasteiger partial charge in [0.05, 0.1) is 12.3 Å². The molecule has 1 N–H and O–H groups in total. The van der Waals surface area contributed by atoms with Gasteiger partial charge in [-0.25, -0.2) is 0 Å². The van der Waals surface area contributed by atoms with Gasteiger partial charge in [-0.1, -0.05) is 70.4 Å². The smallest absolute Gasteiger partial charge is 0.317 e. The van der Waals surface area contributed by atoms with Crippen LogP contribution in [-0.2, 0) is 19.1 Å². The number of unbranched alkanes of at least 4 members (excludes halogenated alkanes) is 9. The quantitative estimate of drug-likeness (QED) is 0.167. The maximum absolute atomic E-state index is 11.9. The minimum Gasteiger partial charge on any atom is -0.481 e. The molecule has 2 atom stereocenters. The number of carbonyl (C=O) groups excluding carboxylic acids is 2. The number of carbonyl (C=O) groups is 3. The molecule has 1 heterocycles. The summed E-state index contributed by atoms with van der Waals surface area (Å²) < 4.78 is 4.75. The number of cyclic esters (lactones) is 2. The van der Waals surface area contributed by atoms with Gasteiger partial charge in [0.25, 0.3) is 0 Å². The summed E-state index contributed by atoms with van der Waals surface area (Å²) in [6, 6.07) is 0. The normalized spacial score (nSPS) is 18.2. The largest absolute Gasteiger partial charge is 0.481 e. The van der Waals surface area contributed by atoms with Crippen LogP contribution in [0.15, 0.2) is 12.2 Å². The van der Waals surface area contributed by atoms with Gasteiger partial charge in [0, 0.05) is 6.42 Å². The first-order valence-corrected chi connectivity index (χ1v) is 10.7. The summed E-state index contributed by atoms with van der Waals surface area (Å²) in [7, 11) is 0. The van der Waals surface area contributed by atoms with Crippen LogP contribution in [0.5, 0.6) is 0 Å². The van der Waals surface area contributed by atoms with Crippen molar-refractivity contribution in [1.29, 1.82) is 0 Å². The molecule has 1 aliphatic rings. The highest BCUT2D eigenvalue weighted by Gasteiger charge is 2.37. The van der Waals surface area contributed by atoms with Crippen molar-refractivity contribution in [3.63, 3.8) is 0 Å². The molecule has 154 valence electrons. The highest BCUT2D eigenvalue weighted by Crippen LogP contribution is 2.30. The number of carboxylic acid groups (broad SMARTS) is 1. The molecule has 1 aliphatic heterocycles. The predicted molar refractivity (Wildman–Crippen MR) is 105 cm³/mol. The number of hydrogen-bond donors (Lipinski definition) is 1. The van der Waals surface area contributed by atoms with Gasteiger partial charge < -0.3 is 9.84 Å². The Hall–Kier alpha value is -1.65. The number of carboxylic acids is 1. The van der Waals surface area contributed by atoms with Crippen LogP contribution in [0.1, 0.15) is 96.8 Å². The molecule has 5 heteroatoms. The van der Waals surface area contributed by atoms with Crippen molar-refractivity contribution in [1.82, 2.24) is 0 Å². The summed E-state index contributed by atoms with van der Waals surface area (Å²) in [5, 5.41) is 8.62. The lowest BCUT2D eigenvalue weighted by atomic mass is 9.86. The molecule has 0 radical (unpaired) electrons. The zero-order chi connectivity index (χ0) is 19.9. The lowest BCUT2D eigenvalue weighted by molar-refractivity contribution is -0.153. The van der Waals surface area contributed by atoms with Crippen LogP contribution < -0.4 is 0 Å². The van der Waals surface area contributed by atoms with Crippen molar-refractivity contribution in [3.05, 3.63) is 12.2 Å². The van der Waals surface area contributed by atoms with Gasteiger partial charge in [-0.05, 0) is 31.6 Å². The Morgan fingerprint density at radius 3 is 2.41 bits per heavy atom. The topological polar surface area (TPSA) is 80.7 Å². The van der Waals surface area contributed by atoms with Crippen LogP contribution in [0.2, 0.25) is 0 Å². The van der Waals surface area contributed by atoms with Crippen LogP contribution in [0.3, 0.4) is 0 Å². The fourth-order valence-electron chi connectivity index (χ4n) is 3.57. The minimum absolute atomic E-state index is 0.0853. The Morgan fingerprint density at radius 2 is 1.74 bits per heavy atom. The van der Waals surface area contributed by atoms with Gasteiger partial charge in [0.15, 0.2) is 0 Å². The molecule has 1 fully saturated rings. The SMILES string of the molecule is CCCCCCCCC(/C=C\CCCCCCC(=O)O)C1CC(=O)OC1=O. The zero-order valence-electron chi connectivity index (χ0n) is 16.8. The van der Waals surface area contributed by atoms with E-state index in [2.05, 4.69) is 19.1 Å². The molecule has 0 saturated carbocycles. The van der Waals surface area contributed by atoms with Crippen molar-refractivity contribution in [3.8, 4) is 0 Å². The van der Waals surface area contributed by atoms with E-state index in [0.29, 0.717) is 0 Å². The molecule has 1 rings (SSSR count). The summed E-state index contributed by atoms with van der Waals surface area (Å²) in [6.07, 6.45) is 17.5. The second kappa shape index (κ2) is 14.4. The van der Waals surface area contributed by atoms with Gasteiger partial charge in [0.2, 0.25) is 0 Å². The summed E-state index contributed by atoms with van der Waals surface area (Å²) >= 11 is 0. The zero-order valence-corrected chi connectivity index (χ0v) is 16.8. The summed E-state index contributed by atoms with van der Waals surface area (Å²) in [5.74, 6) is -1.73. The van der Waals surface area contributed by atoms with Crippen molar-refractivity contribution >= 4 is 17.9 Å². The van der Waals surface area contributed by atoms with Gasteiger partial charge in [-0.3, -0.25) is 14.4 Å². The Morgan fingerprint density at radius 1 is 1.07 bits per heavy atom. The van der Waals surface area contributed by atoms with E-state index in [0.717, 1.165) is 44.9 Å². The third-order valence-corrected chi connectivity index (χ3v) is 5.21. The van der Waals surface area contributed by atoms with Crippen LogP contribution in [0, 0.1) is 11.8 Å². The van der Waals surface area contributed by atoms with Gasteiger partial charge in [0.1, 0.15) is 0 Å². The van der Waals surface area contributed by atoms with Crippen LogP contribution in [-0.4, -0.2) is 23.0 Å². The Labute approximate surface area is 163 Å². The number of ether oxygens (including phenoxy) is 1. The summed E-state index contributed by atoms with van der Waals surface area (Å²) in [4.78, 5) is 33.8. The highest BCUT2D eigenvalue weighted by atomic mass is 16.6. The molecule has 5 nitrogen and oxygen atoms in total. The van der Waals surface area contributed by atoms with Crippen molar-refractivity contribution < 1.29 is 24.2 Å². The van der Waals surface area contributed by atoms with E-state index < -0.39 is 11.9 Å². The van der Waals surface area contributed by atoms with Crippen LogP contribution in [0.4, 0.5) is 0 Å². The molecule has 2 unspecified atom stereocenters. The van der Waals surface area contributed by atoms with Crippen LogP contribution >= 0.6 is 0 Å². The maximum Gasteiger partial charge on any atom is 0.317 e. The second-order valence-electron chi connectivity index (χ2n) is 7.60. The number of allylic oxidation sites excluding steroid dienone is 2. The molecule has 0 aromatic rings. The molecule has 0 bridgehead atoms. The monoisotopic (exact) mass is 380 g/mol. The maximum atomic E-state index is 11.9. The molecule has 27 heavy (non-hydrogen) atoms. The van der Waals surface area contributed by atoms with Gasteiger partial charge in [-0.15, -0.1) is 0 Å². The Kier molecular flexibility index (Phi) is 12.5. The molecule has 0 aromatic carbocycles. The first kappa shape index (κ1) is 23.4. The Balaban J connectivity index is 2.33. The van der Waals surface area contributed by atoms with E-state index in [-0.39, 0.29) is 30.6 Å². The van der Waals surface area contributed by atoms with E-state index >= 15 is 0 Å². The van der Waals surface area contributed by atoms with E-state index in [4.69, 9.17) is 9.84 Å². The Bertz CT molecular complexity index is 483. The lowest BCUT2D eigenvalue weighted by Crippen LogP contribution is -2.18. The number of aliphatic carboxylic acids is 1. The molecule has 0 amide bonds. The number of hydrogen-bond acceptors (Lipinski definition) is 4. The highest BCUT2D eigenvalue weighted by molar-refractivity contribution is 5.94. The predicted octanol–water partition coefficient (Wildman–Crippen LogP) is 5.42. The van der Waals surface area contributed by atoms with Gasteiger partial charge >= 0.3 is 17.9 Å². The summed E-state index contributed by atoms with van der Waals surface area (Å²) in [5.41, 5.74) is 0. The summed E-state index contributed by atoms with van der Waals surface area (Å²) in [6.45, 7) is 2.20. The molecule has 0 aliphatic carbocycles. The second-order valence-corrected chi connectivity index (χ2v) is 7.60. The standard InChI is InChI=1S/C22H36O5/c1-2-3-4-5-8-11-14-18(19-17-21(25)27-22(19)26)15-12-9-6-7-10-13-16-20(23)24/h12,15,18-19H,2-11,13-14,16-17H2,1H3,(H,23,24)/b15-12-. The number of esters is 2. The van der Waals surface area contributed by atoms with Crippen LogP contribution in [0.25, 0.3) is 0 Å².